The van der Waals surface area contributed by atoms with Gasteiger partial charge in [-0.15, -0.1) is 0 Å². The maximum absolute atomic E-state index is 12.8. The summed E-state index contributed by atoms with van der Waals surface area (Å²) in [6.07, 6.45) is 6.99. The summed E-state index contributed by atoms with van der Waals surface area (Å²) in [4.78, 5) is 19.0. The van der Waals surface area contributed by atoms with Crippen LogP contribution in [0.3, 0.4) is 0 Å². The van der Waals surface area contributed by atoms with Crippen molar-refractivity contribution in [2.75, 3.05) is 6.54 Å². The minimum absolute atomic E-state index is 0.136. The van der Waals surface area contributed by atoms with Crippen molar-refractivity contribution in [2.24, 2.45) is 0 Å². The summed E-state index contributed by atoms with van der Waals surface area (Å²) >= 11 is 0. The molecule has 0 spiro atoms. The second-order valence-electron chi connectivity index (χ2n) is 5.61. The van der Waals surface area contributed by atoms with Crippen molar-refractivity contribution in [1.29, 1.82) is 0 Å². The lowest BCUT2D eigenvalue weighted by Crippen LogP contribution is -2.38. The molecule has 1 atom stereocenters. The third-order valence-electron chi connectivity index (χ3n) is 4.21. The number of benzene rings is 1. The van der Waals surface area contributed by atoms with Crippen LogP contribution in [0.15, 0.2) is 48.8 Å². The third-order valence-corrected chi connectivity index (χ3v) is 4.21. The molecule has 3 rings (SSSR count). The fraction of sp³-hybridized carbons (Fsp3) is 0.333. The molecule has 1 aliphatic heterocycles. The first-order valence-electron chi connectivity index (χ1n) is 7.54. The topological polar surface area (TPSA) is 33.2 Å². The van der Waals surface area contributed by atoms with Gasteiger partial charge >= 0.3 is 0 Å². The van der Waals surface area contributed by atoms with Crippen molar-refractivity contribution in [3.05, 3.63) is 65.5 Å². The summed E-state index contributed by atoms with van der Waals surface area (Å²) in [6, 6.07) is 11.8. The van der Waals surface area contributed by atoms with E-state index >= 15 is 0 Å². The predicted molar refractivity (Wildman–Crippen MR) is 83.0 cm³/mol. The number of likely N-dealkylation sites (tertiary alicyclic amines) is 1. The molecule has 0 radical (unpaired) electrons. The molecule has 2 heterocycles. The second kappa shape index (κ2) is 6.08. The van der Waals surface area contributed by atoms with Gasteiger partial charge in [0, 0.05) is 24.5 Å². The van der Waals surface area contributed by atoms with E-state index in [-0.39, 0.29) is 11.9 Å². The number of amides is 1. The van der Waals surface area contributed by atoms with E-state index in [1.54, 1.807) is 0 Å². The zero-order valence-corrected chi connectivity index (χ0v) is 12.3. The Kier molecular flexibility index (Phi) is 4.00. The molecule has 0 aliphatic carbocycles. The predicted octanol–water partition coefficient (Wildman–Crippen LogP) is 3.76. The van der Waals surface area contributed by atoms with Crippen LogP contribution in [-0.4, -0.2) is 22.3 Å². The Balaban J connectivity index is 1.92. The number of hydrogen-bond donors (Lipinski definition) is 0. The Hall–Kier alpha value is -2.16. The molecule has 1 fully saturated rings. The van der Waals surface area contributed by atoms with Crippen LogP contribution in [0.2, 0.25) is 0 Å². The van der Waals surface area contributed by atoms with Crippen LogP contribution in [0.4, 0.5) is 0 Å². The number of rotatable bonds is 2. The fourth-order valence-corrected chi connectivity index (χ4v) is 3.10. The highest BCUT2D eigenvalue weighted by molar-refractivity contribution is 5.94. The number of piperidine rings is 1. The van der Waals surface area contributed by atoms with Crippen molar-refractivity contribution >= 4 is 5.91 Å². The van der Waals surface area contributed by atoms with Crippen LogP contribution in [0.5, 0.6) is 0 Å². The van der Waals surface area contributed by atoms with Gasteiger partial charge in [0.25, 0.3) is 5.91 Å². The molecule has 1 aliphatic rings. The van der Waals surface area contributed by atoms with Crippen molar-refractivity contribution in [2.45, 2.75) is 32.2 Å². The molecule has 1 aromatic heterocycles. The SMILES string of the molecule is Cc1cnccc1C1CCCCN1C(=O)c1ccccc1. The number of nitrogens with zero attached hydrogens (tertiary/aromatic N) is 2. The highest BCUT2D eigenvalue weighted by Gasteiger charge is 2.29. The number of carbonyl (C=O) groups is 1. The summed E-state index contributed by atoms with van der Waals surface area (Å²) in [5, 5.41) is 0. The molecule has 1 aromatic carbocycles. The Morgan fingerprint density at radius 1 is 1.19 bits per heavy atom. The summed E-state index contributed by atoms with van der Waals surface area (Å²) in [5.74, 6) is 0.136. The zero-order valence-electron chi connectivity index (χ0n) is 12.3. The average molecular weight is 280 g/mol. The molecule has 0 bridgehead atoms. The minimum atomic E-state index is 0.136. The Bertz CT molecular complexity index is 624. The zero-order chi connectivity index (χ0) is 14.7. The van der Waals surface area contributed by atoms with E-state index < -0.39 is 0 Å². The lowest BCUT2D eigenvalue weighted by molar-refractivity contribution is 0.0611. The molecule has 1 saturated heterocycles. The van der Waals surface area contributed by atoms with Crippen molar-refractivity contribution in [1.82, 2.24) is 9.88 Å². The molecule has 0 saturated carbocycles. The van der Waals surface area contributed by atoms with E-state index in [0.717, 1.165) is 30.5 Å². The Morgan fingerprint density at radius 3 is 2.76 bits per heavy atom. The van der Waals surface area contributed by atoms with Gasteiger partial charge in [-0.1, -0.05) is 18.2 Å². The van der Waals surface area contributed by atoms with Crippen LogP contribution in [-0.2, 0) is 0 Å². The molecular weight excluding hydrogens is 260 g/mol. The van der Waals surface area contributed by atoms with Crippen LogP contribution in [0, 0.1) is 6.92 Å². The van der Waals surface area contributed by atoms with Gasteiger partial charge in [0.1, 0.15) is 0 Å². The number of carbonyl (C=O) groups excluding carboxylic acids is 1. The minimum Gasteiger partial charge on any atom is -0.332 e. The maximum Gasteiger partial charge on any atom is 0.254 e. The van der Waals surface area contributed by atoms with Gasteiger partial charge in [-0.2, -0.15) is 0 Å². The van der Waals surface area contributed by atoms with Crippen LogP contribution in [0.1, 0.15) is 46.8 Å². The maximum atomic E-state index is 12.8. The van der Waals surface area contributed by atoms with E-state index in [1.807, 2.05) is 47.6 Å². The van der Waals surface area contributed by atoms with Crippen LogP contribution >= 0.6 is 0 Å². The van der Waals surface area contributed by atoms with Gasteiger partial charge in [-0.25, -0.2) is 0 Å². The summed E-state index contributed by atoms with van der Waals surface area (Å²) in [6.45, 7) is 2.91. The lowest BCUT2D eigenvalue weighted by atomic mass is 9.92. The normalized spacial score (nSPS) is 18.5. The first-order chi connectivity index (χ1) is 10.3. The van der Waals surface area contributed by atoms with Gasteiger partial charge in [0.05, 0.1) is 6.04 Å². The Morgan fingerprint density at radius 2 is 2.00 bits per heavy atom. The molecule has 0 N–H and O–H groups in total. The quantitative estimate of drug-likeness (QED) is 0.839. The van der Waals surface area contributed by atoms with E-state index in [0.29, 0.717) is 0 Å². The van der Waals surface area contributed by atoms with Gasteiger partial charge in [0.2, 0.25) is 0 Å². The monoisotopic (exact) mass is 280 g/mol. The molecule has 21 heavy (non-hydrogen) atoms. The number of hydrogen-bond acceptors (Lipinski definition) is 2. The fourth-order valence-electron chi connectivity index (χ4n) is 3.10. The Labute approximate surface area is 125 Å². The van der Waals surface area contributed by atoms with Gasteiger partial charge < -0.3 is 4.90 Å². The number of aromatic nitrogens is 1. The molecule has 108 valence electrons. The first kappa shape index (κ1) is 13.8. The summed E-state index contributed by atoms with van der Waals surface area (Å²) in [5.41, 5.74) is 3.17. The molecule has 1 unspecified atom stereocenters. The number of pyridine rings is 1. The van der Waals surface area contributed by atoms with Crippen molar-refractivity contribution in [3.8, 4) is 0 Å². The largest absolute Gasteiger partial charge is 0.332 e. The van der Waals surface area contributed by atoms with E-state index in [2.05, 4.69) is 18.0 Å². The molecule has 3 heteroatoms. The second-order valence-corrected chi connectivity index (χ2v) is 5.61. The van der Waals surface area contributed by atoms with Gasteiger partial charge in [-0.3, -0.25) is 9.78 Å². The average Bonchev–Trinajstić information content (AvgIpc) is 2.55. The van der Waals surface area contributed by atoms with E-state index in [9.17, 15) is 4.79 Å². The number of aryl methyl sites for hydroxylation is 1. The highest BCUT2D eigenvalue weighted by Crippen LogP contribution is 2.33. The van der Waals surface area contributed by atoms with Gasteiger partial charge in [-0.05, 0) is 55.5 Å². The van der Waals surface area contributed by atoms with E-state index in [4.69, 9.17) is 0 Å². The standard InChI is InChI=1S/C18H20N2O/c1-14-13-19-11-10-16(14)17-9-5-6-12-20(17)18(21)15-7-3-2-4-8-15/h2-4,7-8,10-11,13,17H,5-6,9,12H2,1H3. The van der Waals surface area contributed by atoms with E-state index in [1.165, 1.54) is 12.0 Å². The molecule has 3 nitrogen and oxygen atoms in total. The highest BCUT2D eigenvalue weighted by atomic mass is 16.2. The van der Waals surface area contributed by atoms with Gasteiger partial charge in [0.15, 0.2) is 0 Å². The molecule has 2 aromatic rings. The van der Waals surface area contributed by atoms with Crippen molar-refractivity contribution in [3.63, 3.8) is 0 Å². The smallest absolute Gasteiger partial charge is 0.254 e. The lowest BCUT2D eigenvalue weighted by Gasteiger charge is -2.36. The molecular formula is C18H20N2O. The van der Waals surface area contributed by atoms with Crippen LogP contribution in [0.25, 0.3) is 0 Å². The van der Waals surface area contributed by atoms with Crippen molar-refractivity contribution < 1.29 is 4.79 Å². The first-order valence-corrected chi connectivity index (χ1v) is 7.54. The van der Waals surface area contributed by atoms with Crippen LogP contribution < -0.4 is 0 Å². The third kappa shape index (κ3) is 2.82. The summed E-state index contributed by atoms with van der Waals surface area (Å²) in [7, 11) is 0. The molecule has 1 amide bonds. The summed E-state index contributed by atoms with van der Waals surface area (Å²) < 4.78 is 0.